The Morgan fingerprint density at radius 1 is 1.00 bits per heavy atom. The van der Waals surface area contributed by atoms with Crippen molar-refractivity contribution in [3.8, 4) is 0 Å². The first kappa shape index (κ1) is 18.1. The second kappa shape index (κ2) is 8.20. The molecular formula is C23H28N2O2. The van der Waals surface area contributed by atoms with Crippen molar-refractivity contribution in [2.45, 2.75) is 63.8 Å². The smallest absolute Gasteiger partial charge is 0.222 e. The molecular weight excluding hydrogens is 336 g/mol. The van der Waals surface area contributed by atoms with Crippen LogP contribution in [0.15, 0.2) is 36.5 Å². The average Bonchev–Trinajstić information content (AvgIpc) is 2.72. The van der Waals surface area contributed by atoms with Crippen molar-refractivity contribution in [2.24, 2.45) is 5.92 Å². The van der Waals surface area contributed by atoms with Gasteiger partial charge in [0.1, 0.15) is 5.69 Å². The molecule has 1 saturated carbocycles. The number of benzene rings is 1. The standard InChI is InChI=1S/C23H28N2O2/c26-21(23-19-10-3-1-7-17(19)14-15-24-23)12-5-13-22(27)25-16-6-9-18-8-2-4-11-20(18)25/h1,3,7,10,14-15,18,20H,2,4-6,8-9,11-13,16H2. The lowest BCUT2D eigenvalue weighted by molar-refractivity contribution is -0.137. The summed E-state index contributed by atoms with van der Waals surface area (Å²) in [6.45, 7) is 0.902. The summed E-state index contributed by atoms with van der Waals surface area (Å²) in [5.74, 6) is 0.983. The first-order valence-corrected chi connectivity index (χ1v) is 10.4. The van der Waals surface area contributed by atoms with Crippen LogP contribution in [-0.2, 0) is 4.79 Å². The SMILES string of the molecule is O=C(CCCC(=O)N1CCCC2CCCCC21)c1nccc2ccccc12. The van der Waals surface area contributed by atoms with Crippen LogP contribution in [0.2, 0.25) is 0 Å². The Morgan fingerprint density at radius 2 is 1.81 bits per heavy atom. The highest BCUT2D eigenvalue weighted by Crippen LogP contribution is 2.35. The fourth-order valence-electron chi connectivity index (χ4n) is 4.94. The number of ketones is 1. The van der Waals surface area contributed by atoms with Gasteiger partial charge in [0.05, 0.1) is 0 Å². The molecule has 2 aliphatic rings. The number of Topliss-reactive ketones (excluding diaryl/α,β-unsaturated/α-hetero) is 1. The van der Waals surface area contributed by atoms with Gasteiger partial charge in [0, 0.05) is 37.0 Å². The number of amides is 1. The number of fused-ring (bicyclic) bond motifs is 2. The fourth-order valence-corrected chi connectivity index (χ4v) is 4.94. The molecule has 2 aromatic rings. The van der Waals surface area contributed by atoms with Gasteiger partial charge in [-0.15, -0.1) is 0 Å². The Bertz CT molecular complexity index is 825. The summed E-state index contributed by atoms with van der Waals surface area (Å²) >= 11 is 0. The van der Waals surface area contributed by atoms with Crippen molar-refractivity contribution in [3.63, 3.8) is 0 Å². The molecule has 1 saturated heterocycles. The lowest BCUT2D eigenvalue weighted by Gasteiger charge is -2.44. The predicted molar refractivity (Wildman–Crippen MR) is 107 cm³/mol. The molecule has 2 heterocycles. The van der Waals surface area contributed by atoms with E-state index < -0.39 is 0 Å². The molecule has 1 aromatic carbocycles. The van der Waals surface area contributed by atoms with Crippen molar-refractivity contribution in [1.82, 2.24) is 9.88 Å². The summed E-state index contributed by atoms with van der Waals surface area (Å²) in [5.41, 5.74) is 0.533. The number of carbonyl (C=O) groups is 2. The summed E-state index contributed by atoms with van der Waals surface area (Å²) in [5, 5.41) is 1.93. The van der Waals surface area contributed by atoms with E-state index in [1.54, 1.807) is 6.20 Å². The molecule has 0 spiro atoms. The van der Waals surface area contributed by atoms with Crippen LogP contribution in [0.3, 0.4) is 0 Å². The van der Waals surface area contributed by atoms with Gasteiger partial charge in [0.25, 0.3) is 0 Å². The number of piperidine rings is 1. The van der Waals surface area contributed by atoms with Gasteiger partial charge < -0.3 is 4.90 Å². The highest BCUT2D eigenvalue weighted by Gasteiger charge is 2.35. The average molecular weight is 364 g/mol. The number of nitrogens with zero attached hydrogens (tertiary/aromatic N) is 2. The second-order valence-electron chi connectivity index (χ2n) is 8.00. The number of carbonyl (C=O) groups excluding carboxylic acids is 2. The molecule has 27 heavy (non-hydrogen) atoms. The summed E-state index contributed by atoms with van der Waals surface area (Å²) in [7, 11) is 0. The van der Waals surface area contributed by atoms with Gasteiger partial charge in [-0.05, 0) is 49.5 Å². The van der Waals surface area contributed by atoms with Gasteiger partial charge in [-0.3, -0.25) is 14.6 Å². The molecule has 0 N–H and O–H groups in total. The van der Waals surface area contributed by atoms with Crippen molar-refractivity contribution >= 4 is 22.5 Å². The van der Waals surface area contributed by atoms with Gasteiger partial charge >= 0.3 is 0 Å². The van der Waals surface area contributed by atoms with E-state index in [0.29, 0.717) is 36.9 Å². The van der Waals surface area contributed by atoms with Crippen molar-refractivity contribution in [2.75, 3.05) is 6.54 Å². The molecule has 2 unspecified atom stereocenters. The lowest BCUT2D eigenvalue weighted by atomic mass is 9.78. The van der Waals surface area contributed by atoms with Gasteiger partial charge in [-0.25, -0.2) is 0 Å². The molecule has 2 atom stereocenters. The molecule has 0 radical (unpaired) electrons. The van der Waals surface area contributed by atoms with Crippen molar-refractivity contribution in [1.29, 1.82) is 0 Å². The third-order valence-corrected chi connectivity index (χ3v) is 6.30. The summed E-state index contributed by atoms with van der Waals surface area (Å²) in [6.07, 6.45) is 10.6. The Hall–Kier alpha value is -2.23. The maximum absolute atomic E-state index is 12.8. The number of hydrogen-bond acceptors (Lipinski definition) is 3. The lowest BCUT2D eigenvalue weighted by Crippen LogP contribution is -2.49. The van der Waals surface area contributed by atoms with E-state index >= 15 is 0 Å². The van der Waals surface area contributed by atoms with Crippen LogP contribution in [0.4, 0.5) is 0 Å². The Balaban J connectivity index is 1.35. The Morgan fingerprint density at radius 3 is 2.74 bits per heavy atom. The number of likely N-dealkylation sites (tertiary alicyclic amines) is 1. The van der Waals surface area contributed by atoms with E-state index in [-0.39, 0.29) is 11.7 Å². The van der Waals surface area contributed by atoms with Crippen LogP contribution in [0, 0.1) is 5.92 Å². The van der Waals surface area contributed by atoms with Gasteiger partial charge in [0.2, 0.25) is 5.91 Å². The molecule has 4 heteroatoms. The number of rotatable bonds is 5. The minimum Gasteiger partial charge on any atom is -0.339 e. The van der Waals surface area contributed by atoms with E-state index in [4.69, 9.17) is 0 Å². The summed E-state index contributed by atoms with van der Waals surface area (Å²) in [6, 6.07) is 10.2. The van der Waals surface area contributed by atoms with Crippen molar-refractivity contribution in [3.05, 3.63) is 42.2 Å². The van der Waals surface area contributed by atoms with Gasteiger partial charge in [0.15, 0.2) is 5.78 Å². The number of aromatic nitrogens is 1. The maximum Gasteiger partial charge on any atom is 0.222 e. The zero-order valence-corrected chi connectivity index (χ0v) is 15.9. The van der Waals surface area contributed by atoms with E-state index in [2.05, 4.69) is 9.88 Å². The van der Waals surface area contributed by atoms with E-state index in [1.165, 1.54) is 25.7 Å². The van der Waals surface area contributed by atoms with E-state index in [0.717, 1.165) is 30.2 Å². The maximum atomic E-state index is 12.8. The molecule has 1 aromatic heterocycles. The van der Waals surface area contributed by atoms with Crippen LogP contribution in [0.5, 0.6) is 0 Å². The zero-order valence-electron chi connectivity index (χ0n) is 15.9. The van der Waals surface area contributed by atoms with Crippen LogP contribution >= 0.6 is 0 Å². The fraction of sp³-hybridized carbons (Fsp3) is 0.522. The normalized spacial score (nSPS) is 22.4. The molecule has 1 aliphatic carbocycles. The Labute approximate surface area is 161 Å². The Kier molecular flexibility index (Phi) is 5.51. The third kappa shape index (κ3) is 3.90. The molecule has 4 rings (SSSR count). The van der Waals surface area contributed by atoms with E-state index in [9.17, 15) is 9.59 Å². The molecule has 4 nitrogen and oxygen atoms in total. The minimum absolute atomic E-state index is 0.0359. The second-order valence-corrected chi connectivity index (χ2v) is 8.00. The highest BCUT2D eigenvalue weighted by molar-refractivity contribution is 6.06. The highest BCUT2D eigenvalue weighted by atomic mass is 16.2. The van der Waals surface area contributed by atoms with Crippen LogP contribution < -0.4 is 0 Å². The third-order valence-electron chi connectivity index (χ3n) is 6.30. The monoisotopic (exact) mass is 364 g/mol. The molecule has 2 fully saturated rings. The molecule has 142 valence electrons. The molecule has 1 amide bonds. The van der Waals surface area contributed by atoms with Gasteiger partial charge in [-0.2, -0.15) is 0 Å². The first-order valence-electron chi connectivity index (χ1n) is 10.4. The molecule has 0 bridgehead atoms. The van der Waals surface area contributed by atoms with Crippen LogP contribution in [0.25, 0.3) is 10.8 Å². The quantitative estimate of drug-likeness (QED) is 0.718. The van der Waals surface area contributed by atoms with Gasteiger partial charge in [-0.1, -0.05) is 37.1 Å². The van der Waals surface area contributed by atoms with Crippen LogP contribution in [-0.4, -0.2) is 34.2 Å². The topological polar surface area (TPSA) is 50.3 Å². The number of hydrogen-bond donors (Lipinski definition) is 0. The summed E-state index contributed by atoms with van der Waals surface area (Å²) < 4.78 is 0. The first-order chi connectivity index (χ1) is 13.2. The predicted octanol–water partition coefficient (Wildman–Crippen LogP) is 4.77. The zero-order chi connectivity index (χ0) is 18.6. The largest absolute Gasteiger partial charge is 0.339 e. The van der Waals surface area contributed by atoms with Crippen molar-refractivity contribution < 1.29 is 9.59 Å². The number of pyridine rings is 1. The van der Waals surface area contributed by atoms with E-state index in [1.807, 2.05) is 30.3 Å². The minimum atomic E-state index is 0.0359. The molecule has 1 aliphatic heterocycles. The van der Waals surface area contributed by atoms with Crippen LogP contribution in [0.1, 0.15) is 68.3 Å². The summed E-state index contributed by atoms with van der Waals surface area (Å²) in [4.78, 5) is 31.9.